The van der Waals surface area contributed by atoms with Gasteiger partial charge in [-0.25, -0.2) is 4.79 Å². The third kappa shape index (κ3) is 3.13. The van der Waals surface area contributed by atoms with Gasteiger partial charge in [0.2, 0.25) is 5.91 Å². The van der Waals surface area contributed by atoms with Crippen molar-refractivity contribution in [2.75, 3.05) is 18.1 Å². The van der Waals surface area contributed by atoms with Crippen LogP contribution in [-0.4, -0.2) is 30.1 Å². The number of carbonyl (C=O) groups excluding carboxylic acids is 1. The zero-order valence-corrected chi connectivity index (χ0v) is 10.5. The summed E-state index contributed by atoms with van der Waals surface area (Å²) < 4.78 is 5.35. The number of carboxylic acids is 1. The number of hydrogen-bond acceptors (Lipinski definition) is 3. The highest BCUT2D eigenvalue weighted by molar-refractivity contribution is 5.95. The zero-order valence-electron chi connectivity index (χ0n) is 10.5. The average Bonchev–Trinajstić information content (AvgIpc) is 2.82. The molecule has 0 aliphatic carbocycles. The number of ether oxygens (including phenoxy) is 1. The van der Waals surface area contributed by atoms with Crippen LogP contribution in [0.2, 0.25) is 0 Å². The first kappa shape index (κ1) is 13.1. The number of rotatable bonds is 5. The predicted molar refractivity (Wildman–Crippen MR) is 70.3 cm³/mol. The monoisotopic (exact) mass is 261 g/mol. The van der Waals surface area contributed by atoms with E-state index < -0.39 is 5.97 Å². The molecule has 1 amide bonds. The SMILES string of the molecule is C=C(COc1cccc(N2CCCC2=O)c1)C(=O)O. The number of amides is 1. The maximum absolute atomic E-state index is 11.6. The van der Waals surface area contributed by atoms with E-state index in [2.05, 4.69) is 6.58 Å². The number of carbonyl (C=O) groups is 2. The fourth-order valence-corrected chi connectivity index (χ4v) is 1.89. The average molecular weight is 261 g/mol. The molecule has 1 heterocycles. The molecule has 0 bridgehead atoms. The molecule has 19 heavy (non-hydrogen) atoms. The van der Waals surface area contributed by atoms with Crippen molar-refractivity contribution in [1.82, 2.24) is 0 Å². The van der Waals surface area contributed by atoms with E-state index in [1.54, 1.807) is 23.1 Å². The Balaban J connectivity index is 2.05. The van der Waals surface area contributed by atoms with E-state index in [-0.39, 0.29) is 18.1 Å². The molecule has 1 fully saturated rings. The summed E-state index contributed by atoms with van der Waals surface area (Å²) in [6.45, 7) is 4.03. The van der Waals surface area contributed by atoms with Gasteiger partial charge in [0.15, 0.2) is 0 Å². The summed E-state index contributed by atoms with van der Waals surface area (Å²) in [4.78, 5) is 23.9. The Bertz CT molecular complexity index is 524. The molecule has 1 aliphatic rings. The molecule has 0 unspecified atom stereocenters. The molecule has 2 rings (SSSR count). The molecule has 5 nitrogen and oxygen atoms in total. The molecule has 5 heteroatoms. The summed E-state index contributed by atoms with van der Waals surface area (Å²) in [5.41, 5.74) is 0.767. The quantitative estimate of drug-likeness (QED) is 0.821. The normalized spacial score (nSPS) is 14.5. The van der Waals surface area contributed by atoms with Gasteiger partial charge in [-0.15, -0.1) is 0 Å². The lowest BCUT2D eigenvalue weighted by molar-refractivity contribution is -0.133. The van der Waals surface area contributed by atoms with E-state index in [9.17, 15) is 9.59 Å². The predicted octanol–water partition coefficient (Wildman–Crippen LogP) is 1.83. The van der Waals surface area contributed by atoms with Crippen LogP contribution in [0.25, 0.3) is 0 Å². The molecular formula is C14H15NO4. The number of hydrogen-bond donors (Lipinski definition) is 1. The van der Waals surface area contributed by atoms with E-state index in [1.165, 1.54) is 0 Å². The standard InChI is InChI=1S/C14H15NO4/c1-10(14(17)18)9-19-12-5-2-4-11(8-12)15-7-3-6-13(15)16/h2,4-5,8H,1,3,6-7,9H2,(H,17,18). The minimum absolute atomic E-state index is 0.0114. The van der Waals surface area contributed by atoms with Crippen LogP contribution < -0.4 is 9.64 Å². The van der Waals surface area contributed by atoms with Crippen LogP contribution in [0.4, 0.5) is 5.69 Å². The molecule has 0 spiro atoms. The Morgan fingerprint density at radius 3 is 2.89 bits per heavy atom. The molecule has 1 aromatic rings. The van der Waals surface area contributed by atoms with Gasteiger partial charge in [0.05, 0.1) is 5.57 Å². The second-order valence-electron chi connectivity index (χ2n) is 4.34. The molecule has 0 saturated carbocycles. The van der Waals surface area contributed by atoms with Gasteiger partial charge >= 0.3 is 5.97 Å². The highest BCUT2D eigenvalue weighted by atomic mass is 16.5. The van der Waals surface area contributed by atoms with Gasteiger partial charge in [0.1, 0.15) is 12.4 Å². The van der Waals surface area contributed by atoms with Crippen molar-refractivity contribution in [2.24, 2.45) is 0 Å². The summed E-state index contributed by atoms with van der Waals surface area (Å²) in [6.07, 6.45) is 1.43. The number of aliphatic carboxylic acids is 1. The first-order valence-corrected chi connectivity index (χ1v) is 6.02. The van der Waals surface area contributed by atoms with E-state index in [1.807, 2.05) is 6.07 Å². The highest BCUT2D eigenvalue weighted by Gasteiger charge is 2.21. The number of nitrogens with zero attached hydrogens (tertiary/aromatic N) is 1. The molecule has 0 atom stereocenters. The van der Waals surface area contributed by atoms with Crippen LogP contribution in [0.1, 0.15) is 12.8 Å². The van der Waals surface area contributed by atoms with Crippen LogP contribution in [-0.2, 0) is 9.59 Å². The van der Waals surface area contributed by atoms with E-state index in [0.717, 1.165) is 12.1 Å². The van der Waals surface area contributed by atoms with E-state index >= 15 is 0 Å². The smallest absolute Gasteiger partial charge is 0.334 e. The van der Waals surface area contributed by atoms with Crippen molar-refractivity contribution >= 4 is 17.6 Å². The van der Waals surface area contributed by atoms with Crippen molar-refractivity contribution in [3.05, 3.63) is 36.4 Å². The molecule has 1 N–H and O–H groups in total. The summed E-state index contributed by atoms with van der Waals surface area (Å²) in [7, 11) is 0. The minimum Gasteiger partial charge on any atom is -0.489 e. The minimum atomic E-state index is -1.08. The first-order chi connectivity index (χ1) is 9.08. The van der Waals surface area contributed by atoms with Crippen LogP contribution in [0.15, 0.2) is 36.4 Å². The van der Waals surface area contributed by atoms with Gasteiger partial charge in [0, 0.05) is 24.7 Å². The third-order valence-corrected chi connectivity index (χ3v) is 2.92. The van der Waals surface area contributed by atoms with Crippen LogP contribution >= 0.6 is 0 Å². The fraction of sp³-hybridized carbons (Fsp3) is 0.286. The Labute approximate surface area is 111 Å². The number of benzene rings is 1. The maximum atomic E-state index is 11.6. The van der Waals surface area contributed by atoms with E-state index in [0.29, 0.717) is 18.7 Å². The molecule has 1 aliphatic heterocycles. The van der Waals surface area contributed by atoms with Gasteiger partial charge in [-0.1, -0.05) is 12.6 Å². The van der Waals surface area contributed by atoms with E-state index in [4.69, 9.17) is 9.84 Å². The molecule has 0 radical (unpaired) electrons. The van der Waals surface area contributed by atoms with Gasteiger partial charge in [-0.2, -0.15) is 0 Å². The van der Waals surface area contributed by atoms with Crippen LogP contribution in [0.3, 0.4) is 0 Å². The van der Waals surface area contributed by atoms with Crippen molar-refractivity contribution in [1.29, 1.82) is 0 Å². The largest absolute Gasteiger partial charge is 0.489 e. The number of carboxylic acid groups (broad SMARTS) is 1. The first-order valence-electron chi connectivity index (χ1n) is 6.02. The van der Waals surface area contributed by atoms with Gasteiger partial charge < -0.3 is 14.7 Å². The topological polar surface area (TPSA) is 66.8 Å². The molecule has 1 aromatic carbocycles. The molecule has 0 aromatic heterocycles. The van der Waals surface area contributed by atoms with Gasteiger partial charge in [-0.3, -0.25) is 4.79 Å². The van der Waals surface area contributed by atoms with Crippen molar-refractivity contribution < 1.29 is 19.4 Å². The van der Waals surface area contributed by atoms with Crippen molar-refractivity contribution in [3.63, 3.8) is 0 Å². The lowest BCUT2D eigenvalue weighted by Gasteiger charge is -2.16. The Morgan fingerprint density at radius 2 is 2.26 bits per heavy atom. The lowest BCUT2D eigenvalue weighted by Crippen LogP contribution is -2.23. The van der Waals surface area contributed by atoms with Crippen LogP contribution in [0, 0.1) is 0 Å². The van der Waals surface area contributed by atoms with Crippen LogP contribution in [0.5, 0.6) is 5.75 Å². The third-order valence-electron chi connectivity index (χ3n) is 2.92. The second kappa shape index (κ2) is 5.56. The molecular weight excluding hydrogens is 246 g/mol. The van der Waals surface area contributed by atoms with Crippen molar-refractivity contribution in [2.45, 2.75) is 12.8 Å². The van der Waals surface area contributed by atoms with Gasteiger partial charge in [-0.05, 0) is 18.6 Å². The Kier molecular flexibility index (Phi) is 3.85. The lowest BCUT2D eigenvalue weighted by atomic mass is 10.2. The summed E-state index contributed by atoms with van der Waals surface area (Å²) in [5.74, 6) is -0.447. The summed E-state index contributed by atoms with van der Waals surface area (Å²) in [5, 5.41) is 8.69. The fourth-order valence-electron chi connectivity index (χ4n) is 1.89. The second-order valence-corrected chi connectivity index (χ2v) is 4.34. The van der Waals surface area contributed by atoms with Gasteiger partial charge in [0.25, 0.3) is 0 Å². The van der Waals surface area contributed by atoms with Crippen molar-refractivity contribution in [3.8, 4) is 5.75 Å². The molecule has 100 valence electrons. The summed E-state index contributed by atoms with van der Waals surface area (Å²) >= 11 is 0. The Hall–Kier alpha value is -2.30. The maximum Gasteiger partial charge on any atom is 0.334 e. The zero-order chi connectivity index (χ0) is 13.8. The molecule has 1 saturated heterocycles. The summed E-state index contributed by atoms with van der Waals surface area (Å²) in [6, 6.07) is 7.07. The number of anilines is 1. The highest BCUT2D eigenvalue weighted by Crippen LogP contribution is 2.25. The Morgan fingerprint density at radius 1 is 1.47 bits per heavy atom.